The van der Waals surface area contributed by atoms with E-state index in [-0.39, 0.29) is 18.0 Å². The van der Waals surface area contributed by atoms with Crippen molar-refractivity contribution in [2.45, 2.75) is 64.4 Å². The largest absolute Gasteiger partial charge is 0.490 e. The Morgan fingerprint density at radius 2 is 1.81 bits per heavy atom. The van der Waals surface area contributed by atoms with Crippen LogP contribution in [0.2, 0.25) is 0 Å². The minimum atomic E-state index is -0.350. The lowest BCUT2D eigenvalue weighted by Gasteiger charge is -2.28. The van der Waals surface area contributed by atoms with Crippen molar-refractivity contribution in [3.8, 4) is 22.6 Å². The molecule has 0 amide bonds. The summed E-state index contributed by atoms with van der Waals surface area (Å²) in [4.78, 5) is 12.5. The molecule has 2 aliphatic rings. The first kappa shape index (κ1) is 24.4. The first-order chi connectivity index (χ1) is 17.5. The van der Waals surface area contributed by atoms with E-state index in [1.807, 2.05) is 29.8 Å². The van der Waals surface area contributed by atoms with Crippen molar-refractivity contribution >= 4 is 5.97 Å². The highest BCUT2D eigenvalue weighted by atomic mass is 16.5. The van der Waals surface area contributed by atoms with Crippen LogP contribution in [0, 0.1) is 11.8 Å². The van der Waals surface area contributed by atoms with Crippen molar-refractivity contribution in [1.82, 2.24) is 9.78 Å². The minimum absolute atomic E-state index is 0.218. The van der Waals surface area contributed by atoms with Crippen LogP contribution in [0.1, 0.15) is 74.3 Å². The summed E-state index contributed by atoms with van der Waals surface area (Å²) in [5, 5.41) is 4.62. The Balaban J connectivity index is 1.43. The Kier molecular flexibility index (Phi) is 6.99. The Labute approximate surface area is 214 Å². The van der Waals surface area contributed by atoms with Gasteiger partial charge in [0.15, 0.2) is 0 Å². The highest BCUT2D eigenvalue weighted by molar-refractivity contribution is 5.91. The van der Waals surface area contributed by atoms with Crippen LogP contribution in [0.3, 0.4) is 0 Å². The molecule has 0 bridgehead atoms. The number of hydrogen-bond donors (Lipinski definition) is 0. The van der Waals surface area contributed by atoms with Gasteiger partial charge in [0.1, 0.15) is 11.3 Å². The number of allylic oxidation sites excluding steroid dienone is 1. The molecule has 2 fully saturated rings. The van der Waals surface area contributed by atoms with Crippen molar-refractivity contribution in [2.75, 3.05) is 7.11 Å². The molecule has 0 saturated heterocycles. The van der Waals surface area contributed by atoms with Gasteiger partial charge in [-0.2, -0.15) is 5.10 Å². The van der Waals surface area contributed by atoms with Gasteiger partial charge in [0, 0.05) is 5.92 Å². The number of esters is 1. The lowest BCUT2D eigenvalue weighted by atomic mass is 9.86. The standard InChI is InChI=1S/C31H36N2O3/c1-20(2)27-18-28(27)30-29(31(34)35-4)19-32-33(30)25-14-8-12-23(16-25)24-13-9-15-26(17-24)36-21(3)22-10-6-5-7-11-22/h8-9,12-17,19,21-22,27-28H,1,5-7,10-11,18H2,2-4H3/t21-,27-,28+/m0/s1. The molecule has 5 heteroatoms. The highest BCUT2D eigenvalue weighted by Gasteiger charge is 2.43. The molecule has 0 N–H and O–H groups in total. The van der Waals surface area contributed by atoms with E-state index in [2.05, 4.69) is 48.9 Å². The lowest BCUT2D eigenvalue weighted by molar-refractivity contribution is 0.0599. The van der Waals surface area contributed by atoms with Crippen LogP contribution in [0.5, 0.6) is 5.75 Å². The molecule has 3 atom stereocenters. The average molecular weight is 485 g/mol. The van der Waals surface area contributed by atoms with Crippen LogP contribution in [0.15, 0.2) is 66.9 Å². The second kappa shape index (κ2) is 10.3. The van der Waals surface area contributed by atoms with Crippen LogP contribution in [-0.2, 0) is 4.74 Å². The molecule has 5 nitrogen and oxygen atoms in total. The van der Waals surface area contributed by atoms with E-state index in [1.54, 1.807) is 6.20 Å². The molecular formula is C31H36N2O3. The third kappa shape index (κ3) is 4.97. The normalized spacial score (nSPS) is 20.5. The zero-order valence-corrected chi connectivity index (χ0v) is 21.6. The number of nitrogens with zero attached hydrogens (tertiary/aromatic N) is 2. The zero-order valence-electron chi connectivity index (χ0n) is 21.6. The number of carbonyl (C=O) groups excluding carboxylic acids is 1. The van der Waals surface area contributed by atoms with E-state index in [1.165, 1.54) is 39.2 Å². The van der Waals surface area contributed by atoms with Gasteiger partial charge >= 0.3 is 5.97 Å². The fraction of sp³-hybridized carbons (Fsp3) is 0.419. The second-order valence-electron chi connectivity index (χ2n) is 10.4. The molecule has 188 valence electrons. The SMILES string of the molecule is C=C(C)[C@@H]1C[C@H]1c1c(C(=O)OC)cnn1-c1cccc(-c2cccc(O[C@@H](C)C3CCCCC3)c2)c1. The second-order valence-corrected chi connectivity index (χ2v) is 10.4. The van der Waals surface area contributed by atoms with Crippen molar-refractivity contribution in [2.24, 2.45) is 11.8 Å². The first-order valence-corrected chi connectivity index (χ1v) is 13.2. The molecule has 5 rings (SSSR count). The summed E-state index contributed by atoms with van der Waals surface area (Å²) in [6, 6.07) is 16.6. The third-order valence-corrected chi connectivity index (χ3v) is 7.88. The van der Waals surface area contributed by atoms with Crippen LogP contribution in [0.4, 0.5) is 0 Å². The van der Waals surface area contributed by atoms with E-state index >= 15 is 0 Å². The number of ether oxygens (including phenoxy) is 2. The molecule has 36 heavy (non-hydrogen) atoms. The summed E-state index contributed by atoms with van der Waals surface area (Å²) in [6.07, 6.45) is 9.31. The summed E-state index contributed by atoms with van der Waals surface area (Å²) >= 11 is 0. The smallest absolute Gasteiger partial charge is 0.341 e. The van der Waals surface area contributed by atoms with Gasteiger partial charge in [-0.15, -0.1) is 0 Å². The molecule has 0 unspecified atom stereocenters. The van der Waals surface area contributed by atoms with Gasteiger partial charge in [0.05, 0.1) is 30.8 Å². The zero-order chi connectivity index (χ0) is 25.2. The quantitative estimate of drug-likeness (QED) is 0.248. The van der Waals surface area contributed by atoms with Gasteiger partial charge in [0.25, 0.3) is 0 Å². The Morgan fingerprint density at radius 3 is 2.50 bits per heavy atom. The lowest BCUT2D eigenvalue weighted by Crippen LogP contribution is -2.25. The van der Waals surface area contributed by atoms with Gasteiger partial charge in [-0.05, 0) is 80.3 Å². The van der Waals surface area contributed by atoms with Crippen LogP contribution < -0.4 is 4.74 Å². The fourth-order valence-electron chi connectivity index (χ4n) is 5.71. The first-order valence-electron chi connectivity index (χ1n) is 13.2. The molecule has 2 aromatic carbocycles. The molecule has 3 aromatic rings. The van der Waals surface area contributed by atoms with Gasteiger partial charge in [-0.1, -0.05) is 55.7 Å². The van der Waals surface area contributed by atoms with Gasteiger partial charge in [-0.3, -0.25) is 0 Å². The highest BCUT2D eigenvalue weighted by Crippen LogP contribution is 2.52. The predicted molar refractivity (Wildman–Crippen MR) is 143 cm³/mol. The molecule has 0 spiro atoms. The minimum Gasteiger partial charge on any atom is -0.490 e. The van der Waals surface area contributed by atoms with Crippen LogP contribution in [0.25, 0.3) is 16.8 Å². The maximum absolute atomic E-state index is 12.5. The molecule has 1 aromatic heterocycles. The molecule has 0 radical (unpaired) electrons. The van der Waals surface area contributed by atoms with E-state index in [0.29, 0.717) is 17.4 Å². The Morgan fingerprint density at radius 1 is 1.08 bits per heavy atom. The van der Waals surface area contributed by atoms with Gasteiger partial charge in [-0.25, -0.2) is 9.48 Å². The molecule has 2 aliphatic carbocycles. The average Bonchev–Trinajstić information content (AvgIpc) is 3.59. The van der Waals surface area contributed by atoms with Crippen molar-refractivity contribution < 1.29 is 14.3 Å². The molecule has 2 saturated carbocycles. The number of hydrogen-bond acceptors (Lipinski definition) is 4. The number of aromatic nitrogens is 2. The van der Waals surface area contributed by atoms with Crippen LogP contribution >= 0.6 is 0 Å². The number of rotatable bonds is 8. The Hall–Kier alpha value is -3.34. The number of benzene rings is 2. The Bertz CT molecular complexity index is 1250. The maximum atomic E-state index is 12.5. The van der Waals surface area contributed by atoms with Crippen molar-refractivity contribution in [3.05, 3.63) is 78.1 Å². The van der Waals surface area contributed by atoms with E-state index in [9.17, 15) is 4.79 Å². The third-order valence-electron chi connectivity index (χ3n) is 7.88. The summed E-state index contributed by atoms with van der Waals surface area (Å²) in [5.74, 6) is 1.79. The van der Waals surface area contributed by atoms with Crippen molar-refractivity contribution in [3.63, 3.8) is 0 Å². The topological polar surface area (TPSA) is 53.3 Å². The van der Waals surface area contributed by atoms with E-state index in [4.69, 9.17) is 9.47 Å². The van der Waals surface area contributed by atoms with E-state index < -0.39 is 0 Å². The number of methoxy groups -OCH3 is 1. The molecule has 0 aliphatic heterocycles. The molecule has 1 heterocycles. The monoisotopic (exact) mass is 484 g/mol. The van der Waals surface area contributed by atoms with E-state index in [0.717, 1.165) is 40.3 Å². The number of carbonyl (C=O) groups is 1. The van der Waals surface area contributed by atoms with Gasteiger partial charge < -0.3 is 9.47 Å². The summed E-state index contributed by atoms with van der Waals surface area (Å²) in [5.41, 5.74) is 5.67. The predicted octanol–water partition coefficient (Wildman–Crippen LogP) is 7.35. The van der Waals surface area contributed by atoms with Gasteiger partial charge in [0.2, 0.25) is 0 Å². The molecular weight excluding hydrogens is 448 g/mol. The summed E-state index contributed by atoms with van der Waals surface area (Å²) < 4.78 is 13.3. The van der Waals surface area contributed by atoms with Crippen LogP contribution in [-0.4, -0.2) is 29.0 Å². The summed E-state index contributed by atoms with van der Waals surface area (Å²) in [6.45, 7) is 8.38. The maximum Gasteiger partial charge on any atom is 0.341 e. The fourth-order valence-corrected chi connectivity index (χ4v) is 5.71. The van der Waals surface area contributed by atoms with Crippen molar-refractivity contribution in [1.29, 1.82) is 0 Å². The summed E-state index contributed by atoms with van der Waals surface area (Å²) in [7, 11) is 1.41.